The number of hydrogen-bond donors (Lipinski definition) is 1. The molecular weight excluding hydrogens is 250 g/mol. The van der Waals surface area contributed by atoms with Gasteiger partial charge in [-0.3, -0.25) is 4.98 Å². The van der Waals surface area contributed by atoms with Crippen LogP contribution in [-0.4, -0.2) is 16.6 Å². The average Bonchev–Trinajstić information content (AvgIpc) is 2.52. The molecule has 1 aromatic heterocycles. The smallest absolute Gasteiger partial charge is 0.0681 e. The first-order valence-electron chi connectivity index (χ1n) is 6.54. The number of hydrogen-bond acceptors (Lipinski definition) is 4. The number of nitrogens with zero attached hydrogens (tertiary/aromatic N) is 3. The van der Waals surface area contributed by atoms with E-state index in [-0.39, 0.29) is 6.61 Å². The molecule has 2 rings (SSSR count). The fourth-order valence-corrected chi connectivity index (χ4v) is 2.01. The van der Waals surface area contributed by atoms with E-state index in [1.165, 1.54) is 0 Å². The maximum Gasteiger partial charge on any atom is 0.0681 e. The van der Waals surface area contributed by atoms with Gasteiger partial charge in [0.25, 0.3) is 0 Å². The standard InChI is InChI=1S/C16H17N3O/c17-8-2-10-19(12-15-3-1-9-18-11-15)16-6-4-14(13-20)5-7-16/h1,3-7,9,11,20H,2,10,12-13H2. The lowest BCUT2D eigenvalue weighted by molar-refractivity contribution is 0.282. The Kier molecular flexibility index (Phi) is 5.10. The lowest BCUT2D eigenvalue weighted by atomic mass is 10.2. The van der Waals surface area contributed by atoms with Crippen LogP contribution in [0.1, 0.15) is 17.5 Å². The van der Waals surface area contributed by atoms with E-state index in [1.807, 2.05) is 42.6 Å². The summed E-state index contributed by atoms with van der Waals surface area (Å²) in [7, 11) is 0. The number of anilines is 1. The van der Waals surface area contributed by atoms with Crippen LogP contribution in [0.2, 0.25) is 0 Å². The molecule has 1 aromatic carbocycles. The Morgan fingerprint density at radius 2 is 1.95 bits per heavy atom. The lowest BCUT2D eigenvalue weighted by Crippen LogP contribution is -2.23. The minimum absolute atomic E-state index is 0.0427. The summed E-state index contributed by atoms with van der Waals surface area (Å²) >= 11 is 0. The second-order valence-corrected chi connectivity index (χ2v) is 4.52. The quantitative estimate of drug-likeness (QED) is 0.873. The summed E-state index contributed by atoms with van der Waals surface area (Å²) in [6, 6.07) is 13.9. The normalized spacial score (nSPS) is 10.0. The van der Waals surface area contributed by atoms with Crippen LogP contribution in [-0.2, 0) is 13.2 Å². The molecular formula is C16H17N3O. The molecule has 0 amide bonds. The van der Waals surface area contributed by atoms with Crippen molar-refractivity contribution in [1.82, 2.24) is 4.98 Å². The third-order valence-corrected chi connectivity index (χ3v) is 3.07. The van der Waals surface area contributed by atoms with Gasteiger partial charge >= 0.3 is 0 Å². The van der Waals surface area contributed by atoms with Crippen molar-refractivity contribution in [3.05, 3.63) is 59.9 Å². The van der Waals surface area contributed by atoms with Crippen molar-refractivity contribution < 1.29 is 5.11 Å². The Morgan fingerprint density at radius 1 is 1.15 bits per heavy atom. The van der Waals surface area contributed by atoms with Crippen LogP contribution in [0.5, 0.6) is 0 Å². The third-order valence-electron chi connectivity index (χ3n) is 3.07. The molecule has 4 heteroatoms. The molecule has 0 atom stereocenters. The highest BCUT2D eigenvalue weighted by Crippen LogP contribution is 2.18. The fraction of sp³-hybridized carbons (Fsp3) is 0.250. The van der Waals surface area contributed by atoms with Crippen LogP contribution >= 0.6 is 0 Å². The first-order valence-corrected chi connectivity index (χ1v) is 6.54. The Balaban J connectivity index is 2.15. The molecule has 0 spiro atoms. The van der Waals surface area contributed by atoms with E-state index in [4.69, 9.17) is 10.4 Å². The summed E-state index contributed by atoms with van der Waals surface area (Å²) in [6.07, 6.45) is 4.06. The van der Waals surface area contributed by atoms with Crippen molar-refractivity contribution in [1.29, 1.82) is 5.26 Å². The van der Waals surface area contributed by atoms with Gasteiger partial charge in [-0.15, -0.1) is 0 Å². The summed E-state index contributed by atoms with van der Waals surface area (Å²) in [5, 5.41) is 17.9. The summed E-state index contributed by atoms with van der Waals surface area (Å²) in [5.41, 5.74) is 3.04. The first-order chi connectivity index (χ1) is 9.83. The van der Waals surface area contributed by atoms with Crippen molar-refractivity contribution in [3.63, 3.8) is 0 Å². The number of rotatable bonds is 6. The fourth-order valence-electron chi connectivity index (χ4n) is 2.01. The zero-order valence-corrected chi connectivity index (χ0v) is 11.2. The van der Waals surface area contributed by atoms with E-state index < -0.39 is 0 Å². The van der Waals surface area contributed by atoms with Gasteiger partial charge in [0.15, 0.2) is 0 Å². The molecule has 1 heterocycles. The molecule has 1 N–H and O–H groups in total. The molecule has 0 radical (unpaired) electrons. The number of aliphatic hydroxyl groups is 1. The minimum Gasteiger partial charge on any atom is -0.392 e. The van der Waals surface area contributed by atoms with Crippen LogP contribution in [0.3, 0.4) is 0 Å². The number of nitriles is 1. The molecule has 20 heavy (non-hydrogen) atoms. The molecule has 0 fully saturated rings. The van der Waals surface area contributed by atoms with Gasteiger partial charge in [0.1, 0.15) is 0 Å². The van der Waals surface area contributed by atoms with E-state index in [9.17, 15) is 0 Å². The Labute approximate surface area is 118 Å². The van der Waals surface area contributed by atoms with Crippen molar-refractivity contribution >= 4 is 5.69 Å². The second-order valence-electron chi connectivity index (χ2n) is 4.52. The van der Waals surface area contributed by atoms with Gasteiger partial charge in [0, 0.05) is 31.2 Å². The van der Waals surface area contributed by atoms with E-state index in [2.05, 4.69) is 16.0 Å². The average molecular weight is 267 g/mol. The minimum atomic E-state index is 0.0427. The number of aromatic nitrogens is 1. The Hall–Kier alpha value is -2.38. The molecule has 0 bridgehead atoms. The monoisotopic (exact) mass is 267 g/mol. The van der Waals surface area contributed by atoms with Gasteiger partial charge in [0.05, 0.1) is 19.1 Å². The van der Waals surface area contributed by atoms with Gasteiger partial charge in [-0.1, -0.05) is 18.2 Å². The maximum absolute atomic E-state index is 9.08. The topological polar surface area (TPSA) is 60.2 Å². The highest BCUT2D eigenvalue weighted by Gasteiger charge is 2.07. The van der Waals surface area contributed by atoms with Crippen molar-refractivity contribution in [3.8, 4) is 6.07 Å². The second kappa shape index (κ2) is 7.27. The van der Waals surface area contributed by atoms with E-state index in [0.29, 0.717) is 19.5 Å². The molecule has 0 aliphatic rings. The number of benzene rings is 1. The summed E-state index contributed by atoms with van der Waals surface area (Å²) in [6.45, 7) is 1.43. The highest BCUT2D eigenvalue weighted by molar-refractivity contribution is 5.48. The predicted octanol–water partition coefficient (Wildman–Crippen LogP) is 2.49. The van der Waals surface area contributed by atoms with Gasteiger partial charge in [-0.25, -0.2) is 0 Å². The molecule has 0 aliphatic carbocycles. The van der Waals surface area contributed by atoms with Crippen LogP contribution in [0.15, 0.2) is 48.8 Å². The third kappa shape index (κ3) is 3.81. The molecule has 2 aromatic rings. The van der Waals surface area contributed by atoms with Gasteiger partial charge in [0.2, 0.25) is 0 Å². The molecule has 4 nitrogen and oxygen atoms in total. The molecule has 0 saturated heterocycles. The molecule has 0 unspecified atom stereocenters. The van der Waals surface area contributed by atoms with Gasteiger partial charge in [-0.2, -0.15) is 5.26 Å². The van der Waals surface area contributed by atoms with Crippen molar-refractivity contribution in [2.45, 2.75) is 19.6 Å². The van der Waals surface area contributed by atoms with Gasteiger partial charge < -0.3 is 10.0 Å². The summed E-state index contributed by atoms with van der Waals surface area (Å²) in [4.78, 5) is 6.25. The zero-order valence-electron chi connectivity index (χ0n) is 11.2. The van der Waals surface area contributed by atoms with Crippen molar-refractivity contribution in [2.75, 3.05) is 11.4 Å². The van der Waals surface area contributed by atoms with Crippen molar-refractivity contribution in [2.24, 2.45) is 0 Å². The SMILES string of the molecule is N#CCCN(Cc1cccnc1)c1ccc(CO)cc1. The van der Waals surface area contributed by atoms with Gasteiger partial charge in [-0.05, 0) is 29.3 Å². The summed E-state index contributed by atoms with van der Waals surface area (Å²) in [5.74, 6) is 0. The molecule has 102 valence electrons. The van der Waals surface area contributed by atoms with Crippen LogP contribution < -0.4 is 4.90 Å². The molecule has 0 saturated carbocycles. The maximum atomic E-state index is 9.08. The summed E-state index contributed by atoms with van der Waals surface area (Å²) < 4.78 is 0. The van der Waals surface area contributed by atoms with E-state index in [1.54, 1.807) is 6.20 Å². The molecule has 0 aliphatic heterocycles. The highest BCUT2D eigenvalue weighted by atomic mass is 16.3. The van der Waals surface area contributed by atoms with Crippen LogP contribution in [0.25, 0.3) is 0 Å². The largest absolute Gasteiger partial charge is 0.392 e. The lowest BCUT2D eigenvalue weighted by Gasteiger charge is -2.24. The number of pyridine rings is 1. The van der Waals surface area contributed by atoms with E-state index in [0.717, 1.165) is 16.8 Å². The van der Waals surface area contributed by atoms with Crippen LogP contribution in [0, 0.1) is 11.3 Å². The predicted molar refractivity (Wildman–Crippen MR) is 77.9 cm³/mol. The Morgan fingerprint density at radius 3 is 2.55 bits per heavy atom. The number of aliphatic hydroxyl groups excluding tert-OH is 1. The first kappa shape index (κ1) is 14.0. The van der Waals surface area contributed by atoms with Crippen LogP contribution in [0.4, 0.5) is 5.69 Å². The van der Waals surface area contributed by atoms with E-state index >= 15 is 0 Å². The zero-order chi connectivity index (χ0) is 14.2. The Bertz CT molecular complexity index is 561.